The zero-order valence-electron chi connectivity index (χ0n) is 25.5. The quantitative estimate of drug-likeness (QED) is 0.162. The summed E-state index contributed by atoms with van der Waals surface area (Å²) in [6, 6.07) is 43.4. The molecule has 0 unspecified atom stereocenters. The van der Waals surface area contributed by atoms with Crippen molar-refractivity contribution in [1.29, 1.82) is 0 Å². The summed E-state index contributed by atoms with van der Waals surface area (Å²) in [6.45, 7) is 9.45. The fraction of sp³-hybridized carbons (Fsp3) is 0.136. The Bertz CT molecular complexity index is 2260. The van der Waals surface area contributed by atoms with Crippen LogP contribution < -0.4 is 0 Å². The third kappa shape index (κ3) is 3.96. The fourth-order valence-corrected chi connectivity index (χ4v) is 7.35. The molecule has 8 rings (SSSR count). The van der Waals surface area contributed by atoms with E-state index in [1.165, 1.54) is 55.3 Å². The maximum absolute atomic E-state index is 3.43. The highest BCUT2D eigenvalue weighted by molar-refractivity contribution is 6.12. The van der Waals surface area contributed by atoms with E-state index in [-0.39, 0.29) is 10.8 Å². The number of hydrogen-bond donors (Lipinski definition) is 0. The van der Waals surface area contributed by atoms with E-state index in [0.29, 0.717) is 0 Å². The van der Waals surface area contributed by atoms with E-state index in [0.717, 1.165) is 22.3 Å². The van der Waals surface area contributed by atoms with Crippen LogP contribution in [0.2, 0.25) is 0 Å². The van der Waals surface area contributed by atoms with E-state index in [4.69, 9.17) is 0 Å². The summed E-state index contributed by atoms with van der Waals surface area (Å²) in [5, 5.41) is 2.72. The van der Waals surface area contributed by atoms with Gasteiger partial charge >= 0.3 is 0 Å². The summed E-state index contributed by atoms with van der Waals surface area (Å²) in [5.74, 6) is 13.6. The highest BCUT2D eigenvalue weighted by Crippen LogP contribution is 2.57. The minimum absolute atomic E-state index is 0.149. The van der Waals surface area contributed by atoms with Crippen LogP contribution in [0, 0.1) is 23.7 Å². The van der Waals surface area contributed by atoms with Gasteiger partial charge in [-0.05, 0) is 110 Å². The molecule has 0 saturated heterocycles. The van der Waals surface area contributed by atoms with Crippen LogP contribution in [0.15, 0.2) is 121 Å². The van der Waals surface area contributed by atoms with Crippen LogP contribution in [0.1, 0.15) is 72.2 Å². The van der Waals surface area contributed by atoms with Crippen molar-refractivity contribution in [2.24, 2.45) is 0 Å². The summed E-state index contributed by atoms with van der Waals surface area (Å²) in [5.41, 5.74) is 14.7. The molecule has 0 amide bonds. The van der Waals surface area contributed by atoms with Crippen molar-refractivity contribution in [2.75, 3.05) is 0 Å². The monoisotopic (exact) mass is 560 g/mol. The molecule has 0 heterocycles. The lowest BCUT2D eigenvalue weighted by Crippen LogP contribution is -2.24. The first-order valence-electron chi connectivity index (χ1n) is 15.4. The number of hydrogen-bond acceptors (Lipinski definition) is 0. The third-order valence-corrected chi connectivity index (χ3v) is 9.70. The number of rotatable bonds is 0. The van der Waals surface area contributed by atoms with Crippen LogP contribution in [-0.2, 0) is 10.8 Å². The van der Waals surface area contributed by atoms with Gasteiger partial charge in [0, 0.05) is 33.1 Å². The normalized spacial score (nSPS) is 14.4. The molecular formula is C44H32. The van der Waals surface area contributed by atoms with Gasteiger partial charge in [-0.2, -0.15) is 0 Å². The van der Waals surface area contributed by atoms with Crippen molar-refractivity contribution in [3.05, 3.63) is 166 Å². The largest absolute Gasteiger partial charge is 0.0622 e. The van der Waals surface area contributed by atoms with E-state index in [9.17, 15) is 0 Å². The summed E-state index contributed by atoms with van der Waals surface area (Å²) in [7, 11) is 0. The number of fused-ring (bicyclic) bond motifs is 6. The van der Waals surface area contributed by atoms with Gasteiger partial charge in [0.25, 0.3) is 0 Å². The van der Waals surface area contributed by atoms with Gasteiger partial charge in [0.2, 0.25) is 0 Å². The fourth-order valence-electron chi connectivity index (χ4n) is 7.35. The van der Waals surface area contributed by atoms with Gasteiger partial charge in [-0.1, -0.05) is 118 Å². The molecule has 6 aromatic carbocycles. The molecule has 0 saturated carbocycles. The minimum Gasteiger partial charge on any atom is -0.0622 e. The molecule has 0 bridgehead atoms. The van der Waals surface area contributed by atoms with Gasteiger partial charge in [0.05, 0.1) is 0 Å². The molecule has 0 atom stereocenters. The standard InChI is InChI=1S/C44H32/c1-43(2)37-17-11-16-35-41-34-25-23-32(21-19-30-14-9-6-10-15-30)27-39(34)44(3,4)40(41)28-36(42(35)37)33-24-22-31(26-38(33)43)20-18-29-12-7-5-8-13-29/h5-17,22-28H,1-4H3. The Kier molecular flexibility index (Phi) is 5.75. The molecule has 0 radical (unpaired) electrons. The smallest absolute Gasteiger partial charge is 0.0252 e. The van der Waals surface area contributed by atoms with Crippen molar-refractivity contribution in [2.45, 2.75) is 38.5 Å². The van der Waals surface area contributed by atoms with Crippen LogP contribution >= 0.6 is 0 Å². The van der Waals surface area contributed by atoms with Gasteiger partial charge in [0.1, 0.15) is 0 Å². The summed E-state index contributed by atoms with van der Waals surface area (Å²) >= 11 is 0. The second kappa shape index (κ2) is 9.61. The molecule has 0 N–H and O–H groups in total. The Balaban J connectivity index is 1.30. The Labute approximate surface area is 260 Å². The second-order valence-electron chi connectivity index (χ2n) is 13.1. The molecule has 2 aliphatic rings. The predicted octanol–water partition coefficient (Wildman–Crippen LogP) is 10.3. The van der Waals surface area contributed by atoms with Gasteiger partial charge in [-0.15, -0.1) is 0 Å². The molecule has 0 aliphatic heterocycles. The van der Waals surface area contributed by atoms with Gasteiger partial charge in [0.15, 0.2) is 0 Å². The van der Waals surface area contributed by atoms with Gasteiger partial charge in [-0.25, -0.2) is 0 Å². The minimum atomic E-state index is -0.158. The van der Waals surface area contributed by atoms with Gasteiger partial charge in [-0.3, -0.25) is 0 Å². The summed E-state index contributed by atoms with van der Waals surface area (Å²) in [6.07, 6.45) is 0. The molecule has 208 valence electrons. The van der Waals surface area contributed by atoms with Crippen LogP contribution in [0.3, 0.4) is 0 Å². The van der Waals surface area contributed by atoms with E-state index in [1.54, 1.807) is 0 Å². The maximum Gasteiger partial charge on any atom is 0.0252 e. The molecule has 0 heteroatoms. The Morgan fingerprint density at radius 1 is 0.386 bits per heavy atom. The lowest BCUT2D eigenvalue weighted by molar-refractivity contribution is 0.643. The summed E-state index contributed by atoms with van der Waals surface area (Å²) in [4.78, 5) is 0. The molecule has 0 aromatic heterocycles. The summed E-state index contributed by atoms with van der Waals surface area (Å²) < 4.78 is 0. The highest BCUT2D eigenvalue weighted by atomic mass is 14.4. The first-order valence-corrected chi connectivity index (χ1v) is 15.4. The lowest BCUT2D eigenvalue weighted by atomic mass is 9.67. The number of benzene rings is 6. The average molecular weight is 561 g/mol. The van der Waals surface area contributed by atoms with Crippen LogP contribution in [-0.4, -0.2) is 0 Å². The van der Waals surface area contributed by atoms with Crippen LogP contribution in [0.25, 0.3) is 33.0 Å². The molecule has 44 heavy (non-hydrogen) atoms. The van der Waals surface area contributed by atoms with Crippen molar-refractivity contribution < 1.29 is 0 Å². The second-order valence-corrected chi connectivity index (χ2v) is 13.1. The Morgan fingerprint density at radius 2 is 0.909 bits per heavy atom. The van der Waals surface area contributed by atoms with Gasteiger partial charge < -0.3 is 0 Å². The van der Waals surface area contributed by atoms with Crippen LogP contribution in [0.4, 0.5) is 0 Å². The Hall–Kier alpha value is -5.30. The van der Waals surface area contributed by atoms with Crippen molar-refractivity contribution >= 4 is 10.8 Å². The molecule has 0 fully saturated rings. The van der Waals surface area contributed by atoms with E-state index in [1.807, 2.05) is 36.4 Å². The lowest BCUT2D eigenvalue weighted by Gasteiger charge is -2.36. The Morgan fingerprint density at radius 3 is 1.52 bits per heavy atom. The predicted molar refractivity (Wildman–Crippen MR) is 184 cm³/mol. The maximum atomic E-state index is 3.43. The van der Waals surface area contributed by atoms with Crippen molar-refractivity contribution in [1.82, 2.24) is 0 Å². The van der Waals surface area contributed by atoms with Crippen molar-refractivity contribution in [3.63, 3.8) is 0 Å². The molecule has 2 aliphatic carbocycles. The zero-order chi connectivity index (χ0) is 30.1. The first-order chi connectivity index (χ1) is 21.3. The van der Waals surface area contributed by atoms with E-state index >= 15 is 0 Å². The molecule has 6 aromatic rings. The van der Waals surface area contributed by atoms with E-state index < -0.39 is 0 Å². The van der Waals surface area contributed by atoms with Crippen molar-refractivity contribution in [3.8, 4) is 45.9 Å². The average Bonchev–Trinajstić information content (AvgIpc) is 3.28. The molecule has 0 spiro atoms. The SMILES string of the molecule is CC1(C)c2cc(C#Cc3ccccc3)ccc2-c2c1cc1c3c(cccc23)C(C)(C)c2cc(C#Cc3ccccc3)ccc2-1. The third-order valence-electron chi connectivity index (χ3n) is 9.70. The first kappa shape index (κ1) is 26.3. The zero-order valence-corrected chi connectivity index (χ0v) is 25.5. The topological polar surface area (TPSA) is 0 Å². The molecular weight excluding hydrogens is 528 g/mol. The highest BCUT2D eigenvalue weighted by Gasteiger charge is 2.40. The van der Waals surface area contributed by atoms with Crippen LogP contribution in [0.5, 0.6) is 0 Å². The van der Waals surface area contributed by atoms with E-state index in [2.05, 4.69) is 136 Å². The molecule has 0 nitrogen and oxygen atoms in total.